The van der Waals surface area contributed by atoms with Crippen LogP contribution in [0.3, 0.4) is 0 Å². The van der Waals surface area contributed by atoms with E-state index in [2.05, 4.69) is 28.0 Å². The Kier molecular flexibility index (Phi) is 17.3. The van der Waals surface area contributed by atoms with Crippen molar-refractivity contribution >= 4 is 23.6 Å². The number of nitrogens with zero attached hydrogens (tertiary/aromatic N) is 3. The minimum atomic E-state index is -1.24. The third kappa shape index (κ3) is 14.9. The van der Waals surface area contributed by atoms with Gasteiger partial charge in [0.1, 0.15) is 29.2 Å². The van der Waals surface area contributed by atoms with Crippen molar-refractivity contribution in [2.24, 2.45) is 0 Å². The number of rotatable bonds is 10. The van der Waals surface area contributed by atoms with Crippen molar-refractivity contribution in [2.75, 3.05) is 27.7 Å². The summed E-state index contributed by atoms with van der Waals surface area (Å²) >= 11 is 0. The van der Waals surface area contributed by atoms with E-state index in [0.29, 0.717) is 12.3 Å². The standard InChI is InChI=1S/C19H24N4O5.C8H10O.C7H10N2O/c1-11-4-6-14(7-5-11)9-20-16(25)10-21-19(27)17(13(3)24)22-18(26)15-8-12(2)28-23-15;1-7-3-5-8(9-2)6-4-7;1-4-6(5-8)7(10)9(2)3/h4-8,13,17,24H,9-10H2,1-3H3,(H,20,25)(H,21,27)(H,22,26);3-6H,1-2H3;4H,1-3H3/b;;6-4+/t13?,17-;;/m0../s1. The molecule has 3 aromatic rings. The fraction of sp³-hybridized carbons (Fsp3) is 0.353. The number of allylic oxidation sites excluding steroid dienone is 1. The molecule has 0 aliphatic rings. The first kappa shape index (κ1) is 39.5. The second kappa shape index (κ2) is 20.5. The van der Waals surface area contributed by atoms with E-state index in [1.807, 2.05) is 55.5 Å². The smallest absolute Gasteiger partial charge is 0.274 e. The summed E-state index contributed by atoms with van der Waals surface area (Å²) in [5.74, 6) is -0.633. The molecule has 0 radical (unpaired) electrons. The minimum Gasteiger partial charge on any atom is -0.497 e. The lowest BCUT2D eigenvalue weighted by atomic mass is 10.1. The lowest BCUT2D eigenvalue weighted by Crippen LogP contribution is -2.53. The van der Waals surface area contributed by atoms with Gasteiger partial charge in [-0.25, -0.2) is 0 Å². The summed E-state index contributed by atoms with van der Waals surface area (Å²) in [6, 6.07) is 17.6. The highest BCUT2D eigenvalue weighted by molar-refractivity contribution is 5.97. The maximum Gasteiger partial charge on any atom is 0.274 e. The predicted molar refractivity (Wildman–Crippen MR) is 176 cm³/mol. The number of hydrogen-bond acceptors (Lipinski definition) is 9. The van der Waals surface area contributed by atoms with Crippen LogP contribution in [0.15, 0.2) is 70.8 Å². The fourth-order valence-electron chi connectivity index (χ4n) is 3.49. The molecular weight excluding hydrogens is 604 g/mol. The third-order valence-electron chi connectivity index (χ3n) is 6.25. The van der Waals surface area contributed by atoms with Gasteiger partial charge in [0.05, 0.1) is 19.8 Å². The molecule has 0 aliphatic carbocycles. The molecule has 0 aliphatic heterocycles. The van der Waals surface area contributed by atoms with Crippen molar-refractivity contribution < 1.29 is 33.5 Å². The van der Waals surface area contributed by atoms with Crippen LogP contribution in [0.1, 0.15) is 46.8 Å². The maximum absolute atomic E-state index is 12.3. The summed E-state index contributed by atoms with van der Waals surface area (Å²) in [6.07, 6.45) is 0.329. The van der Waals surface area contributed by atoms with Gasteiger partial charge >= 0.3 is 0 Å². The summed E-state index contributed by atoms with van der Waals surface area (Å²) in [4.78, 5) is 48.6. The van der Waals surface area contributed by atoms with Gasteiger partial charge in [0.25, 0.3) is 11.8 Å². The number of aromatic nitrogens is 1. The van der Waals surface area contributed by atoms with Crippen LogP contribution in [-0.2, 0) is 20.9 Å². The maximum atomic E-state index is 12.3. The number of hydrogen-bond donors (Lipinski definition) is 4. The Morgan fingerprint density at radius 3 is 2.02 bits per heavy atom. The van der Waals surface area contributed by atoms with E-state index in [4.69, 9.17) is 14.5 Å². The molecule has 0 saturated heterocycles. The average molecular weight is 649 g/mol. The second-order valence-electron chi connectivity index (χ2n) is 10.5. The van der Waals surface area contributed by atoms with E-state index in [-0.39, 0.29) is 23.7 Å². The largest absolute Gasteiger partial charge is 0.497 e. The molecule has 1 unspecified atom stereocenters. The normalized spacial score (nSPS) is 11.5. The van der Waals surface area contributed by atoms with Crippen molar-refractivity contribution in [1.82, 2.24) is 26.0 Å². The van der Waals surface area contributed by atoms with Gasteiger partial charge < -0.3 is 35.2 Å². The molecule has 1 heterocycles. The first-order chi connectivity index (χ1) is 22.2. The highest BCUT2D eigenvalue weighted by atomic mass is 16.5. The Morgan fingerprint density at radius 1 is 1.02 bits per heavy atom. The van der Waals surface area contributed by atoms with Crippen LogP contribution in [0.4, 0.5) is 0 Å². The van der Waals surface area contributed by atoms with Crippen LogP contribution < -0.4 is 20.7 Å². The summed E-state index contributed by atoms with van der Waals surface area (Å²) < 4.78 is 9.78. The van der Waals surface area contributed by atoms with E-state index < -0.39 is 29.9 Å². The molecular formula is C34H44N6O7. The lowest BCUT2D eigenvalue weighted by Gasteiger charge is -2.20. The summed E-state index contributed by atoms with van der Waals surface area (Å²) in [5.41, 5.74) is 3.49. The Balaban J connectivity index is 0.000000472. The van der Waals surface area contributed by atoms with Crippen molar-refractivity contribution in [3.05, 3.63) is 94.4 Å². The molecule has 4 amide bonds. The molecule has 13 nitrogen and oxygen atoms in total. The highest BCUT2D eigenvalue weighted by Gasteiger charge is 2.27. The number of aliphatic hydroxyl groups excluding tert-OH is 1. The Morgan fingerprint density at radius 2 is 1.60 bits per heavy atom. The Bertz CT molecular complexity index is 1520. The van der Waals surface area contributed by atoms with Gasteiger partial charge in [-0.05, 0) is 52.3 Å². The molecule has 1 aromatic heterocycles. The molecule has 0 spiro atoms. The summed E-state index contributed by atoms with van der Waals surface area (Å²) in [6.45, 7) is 8.72. The van der Waals surface area contributed by atoms with Crippen molar-refractivity contribution in [2.45, 2.75) is 53.3 Å². The van der Waals surface area contributed by atoms with Crippen molar-refractivity contribution in [3.8, 4) is 11.8 Å². The van der Waals surface area contributed by atoms with Gasteiger partial charge in [0.2, 0.25) is 11.8 Å². The molecule has 0 bridgehead atoms. The van der Waals surface area contributed by atoms with E-state index in [1.54, 1.807) is 41.1 Å². The molecule has 0 fully saturated rings. The zero-order valence-electron chi connectivity index (χ0n) is 28.1. The van der Waals surface area contributed by atoms with Crippen molar-refractivity contribution in [1.29, 1.82) is 5.26 Å². The van der Waals surface area contributed by atoms with E-state index >= 15 is 0 Å². The quantitative estimate of drug-likeness (QED) is 0.189. The fourth-order valence-corrected chi connectivity index (χ4v) is 3.49. The summed E-state index contributed by atoms with van der Waals surface area (Å²) in [5, 5.41) is 29.2. The van der Waals surface area contributed by atoms with Crippen LogP contribution in [0.2, 0.25) is 0 Å². The number of nitriles is 1. The van der Waals surface area contributed by atoms with Crippen LogP contribution in [0.25, 0.3) is 0 Å². The lowest BCUT2D eigenvalue weighted by molar-refractivity contribution is -0.128. The molecule has 3 rings (SSSR count). The number of benzene rings is 2. The van der Waals surface area contributed by atoms with Crippen LogP contribution in [0.5, 0.6) is 5.75 Å². The number of ether oxygens (including phenoxy) is 1. The van der Waals surface area contributed by atoms with Crippen LogP contribution >= 0.6 is 0 Å². The molecule has 47 heavy (non-hydrogen) atoms. The molecule has 13 heteroatoms. The molecule has 4 N–H and O–H groups in total. The van der Waals surface area contributed by atoms with E-state index in [1.165, 1.54) is 29.5 Å². The van der Waals surface area contributed by atoms with Gasteiger partial charge in [-0.3, -0.25) is 19.2 Å². The number of aliphatic hydroxyl groups is 1. The van der Waals surface area contributed by atoms with Crippen LogP contribution in [-0.4, -0.2) is 78.7 Å². The zero-order valence-corrected chi connectivity index (χ0v) is 28.1. The predicted octanol–water partition coefficient (Wildman–Crippen LogP) is 2.75. The molecule has 252 valence electrons. The Labute approximate surface area is 275 Å². The number of amides is 4. The molecule has 2 aromatic carbocycles. The van der Waals surface area contributed by atoms with Gasteiger partial charge in [0.15, 0.2) is 5.69 Å². The van der Waals surface area contributed by atoms with Gasteiger partial charge in [-0.15, -0.1) is 0 Å². The number of aryl methyl sites for hydroxylation is 3. The second-order valence-corrected chi connectivity index (χ2v) is 10.5. The first-order valence-corrected chi connectivity index (χ1v) is 14.6. The monoisotopic (exact) mass is 648 g/mol. The number of nitrogens with one attached hydrogen (secondary N) is 3. The summed E-state index contributed by atoms with van der Waals surface area (Å²) in [7, 11) is 4.90. The highest BCUT2D eigenvalue weighted by Crippen LogP contribution is 2.09. The third-order valence-corrected chi connectivity index (χ3v) is 6.25. The molecule has 0 saturated carbocycles. The first-order valence-electron chi connectivity index (χ1n) is 14.6. The topological polar surface area (TPSA) is 187 Å². The minimum absolute atomic E-state index is 0.00760. The van der Waals surface area contributed by atoms with Crippen molar-refractivity contribution in [3.63, 3.8) is 0 Å². The number of methoxy groups -OCH3 is 1. The zero-order chi connectivity index (χ0) is 35.5. The number of carbonyl (C=O) groups excluding carboxylic acids is 4. The Hall–Kier alpha value is -5.48. The number of likely N-dealkylation sites (N-methyl/N-ethyl adjacent to an activating group) is 1. The SMILES string of the molecule is C/C=C(\C#N)C(=O)N(C)C.COc1ccc(C)cc1.Cc1ccc(CNC(=O)CNC(=O)[C@@H](NC(=O)c2cc(C)on2)C(C)O)cc1. The van der Waals surface area contributed by atoms with E-state index in [9.17, 15) is 24.3 Å². The molecule has 2 atom stereocenters. The van der Waals surface area contributed by atoms with Crippen LogP contribution in [0, 0.1) is 32.1 Å². The van der Waals surface area contributed by atoms with E-state index in [0.717, 1.165) is 16.9 Å². The van der Waals surface area contributed by atoms with Gasteiger partial charge in [0, 0.05) is 26.7 Å². The number of carbonyl (C=O) groups is 4. The van der Waals surface area contributed by atoms with Gasteiger partial charge in [-0.1, -0.05) is 58.8 Å². The van der Waals surface area contributed by atoms with Gasteiger partial charge in [-0.2, -0.15) is 5.26 Å². The average Bonchev–Trinajstić information content (AvgIpc) is 3.49.